The van der Waals surface area contributed by atoms with Crippen LogP contribution in [0.15, 0.2) is 47.3 Å². The molecule has 0 spiro atoms. The molecule has 10 nitrogen and oxygen atoms in total. The first-order valence-corrected chi connectivity index (χ1v) is 12.8. The van der Waals surface area contributed by atoms with E-state index >= 15 is 0 Å². The van der Waals surface area contributed by atoms with Crippen molar-refractivity contribution < 1.29 is 38.4 Å². The molecule has 208 valence electrons. The lowest BCUT2D eigenvalue weighted by atomic mass is 9.86. The fourth-order valence-corrected chi connectivity index (χ4v) is 5.44. The molecule has 0 fully saturated rings. The van der Waals surface area contributed by atoms with Gasteiger partial charge in [-0.25, -0.2) is 0 Å². The molecule has 0 bridgehead atoms. The third-order valence-electron chi connectivity index (χ3n) is 7.23. The molecule has 0 saturated carbocycles. The van der Waals surface area contributed by atoms with Gasteiger partial charge in [0, 0.05) is 25.4 Å². The molecule has 0 aliphatic carbocycles. The molecule has 1 N–H and O–H groups in total. The summed E-state index contributed by atoms with van der Waals surface area (Å²) < 4.78 is 25.3. The number of carboxylic acid groups (broad SMARTS) is 1. The van der Waals surface area contributed by atoms with Crippen molar-refractivity contribution in [2.24, 2.45) is 7.05 Å². The Bertz CT molecular complexity index is 1770. The van der Waals surface area contributed by atoms with Gasteiger partial charge in [-0.05, 0) is 36.8 Å². The van der Waals surface area contributed by atoms with Crippen molar-refractivity contribution in [2.45, 2.75) is 51.4 Å². The predicted molar refractivity (Wildman–Crippen MR) is 147 cm³/mol. The van der Waals surface area contributed by atoms with Crippen molar-refractivity contribution in [1.29, 1.82) is 0 Å². The Morgan fingerprint density at radius 3 is 2.35 bits per heavy atom. The Labute approximate surface area is 229 Å². The Morgan fingerprint density at radius 1 is 1.05 bits per heavy atom. The van der Waals surface area contributed by atoms with E-state index in [0.717, 1.165) is 10.8 Å². The largest absolute Gasteiger partial charge is 0.496 e. The van der Waals surface area contributed by atoms with Crippen molar-refractivity contribution in [1.82, 2.24) is 4.57 Å². The number of hydrogen-bond acceptors (Lipinski definition) is 8. The van der Waals surface area contributed by atoms with Gasteiger partial charge in [-0.3, -0.25) is 19.2 Å². The summed E-state index contributed by atoms with van der Waals surface area (Å²) in [5, 5.41) is 11.6. The number of nitrogens with zero attached hydrogens (tertiary/aromatic N) is 1. The van der Waals surface area contributed by atoms with E-state index in [4.69, 9.17) is 24.1 Å². The number of carbonyl (C=O) groups excluding carboxylic acids is 2. The van der Waals surface area contributed by atoms with Crippen LogP contribution in [0.25, 0.3) is 32.6 Å². The molecule has 10 heteroatoms. The Morgan fingerprint density at radius 2 is 1.73 bits per heavy atom. The SMILES string of the molecule is COc1cc2c(c3c1c(=O)c1cc4ccccc4cc1n3C)[C@H](OC(C)=O)[C@H](OC(=O)CCC(=O)O)C(C)(C)O2. The van der Waals surface area contributed by atoms with Crippen molar-refractivity contribution in [2.75, 3.05) is 7.11 Å². The standard InChI is InChI=1S/C30H29NO9/c1-15(32)38-28-25-21(40-30(2,3)29(28)39-23(35)11-10-22(33)34)14-20(37-5)24-26(25)31(4)19-13-17-9-7-6-8-16(17)12-18(19)27(24)36/h6-9,12-14,28-29H,10-11H2,1-5H3,(H,33,34)/t28-,29-/m0/s1. The smallest absolute Gasteiger partial charge is 0.306 e. The molecule has 0 unspecified atom stereocenters. The highest BCUT2D eigenvalue weighted by atomic mass is 16.6. The lowest BCUT2D eigenvalue weighted by Crippen LogP contribution is -2.52. The number of benzene rings is 3. The maximum absolute atomic E-state index is 14.0. The highest BCUT2D eigenvalue weighted by Crippen LogP contribution is 2.49. The highest BCUT2D eigenvalue weighted by molar-refractivity contribution is 6.04. The zero-order valence-corrected chi connectivity index (χ0v) is 22.8. The van der Waals surface area contributed by atoms with Crippen LogP contribution in [0.2, 0.25) is 0 Å². The molecule has 1 aliphatic heterocycles. The van der Waals surface area contributed by atoms with Gasteiger partial charge in [0.15, 0.2) is 12.2 Å². The predicted octanol–water partition coefficient (Wildman–Crippen LogP) is 4.41. The quantitative estimate of drug-likeness (QED) is 0.276. The number of rotatable bonds is 6. The van der Waals surface area contributed by atoms with E-state index in [9.17, 15) is 19.2 Å². The van der Waals surface area contributed by atoms with Crippen LogP contribution in [0.3, 0.4) is 0 Å². The summed E-state index contributed by atoms with van der Waals surface area (Å²) in [7, 11) is 3.24. The second-order valence-electron chi connectivity index (χ2n) is 10.4. The van der Waals surface area contributed by atoms with Crippen LogP contribution in [-0.2, 0) is 30.9 Å². The lowest BCUT2D eigenvalue weighted by Gasteiger charge is -2.43. The van der Waals surface area contributed by atoms with Crippen LogP contribution in [0.1, 0.15) is 45.3 Å². The molecule has 5 rings (SSSR count). The molecule has 1 aromatic heterocycles. The van der Waals surface area contributed by atoms with Crippen molar-refractivity contribution >= 4 is 50.5 Å². The summed E-state index contributed by atoms with van der Waals surface area (Å²) in [6.45, 7) is 4.57. The number of hydrogen-bond donors (Lipinski definition) is 1. The monoisotopic (exact) mass is 547 g/mol. The summed E-state index contributed by atoms with van der Waals surface area (Å²) in [5.74, 6) is -1.99. The van der Waals surface area contributed by atoms with Gasteiger partial charge in [-0.15, -0.1) is 0 Å². The number of aromatic nitrogens is 1. The number of ether oxygens (including phenoxy) is 4. The fourth-order valence-electron chi connectivity index (χ4n) is 5.44. The minimum atomic E-state index is -1.20. The molecular formula is C30H29NO9. The number of methoxy groups -OCH3 is 1. The number of fused-ring (bicyclic) bond motifs is 5. The number of carboxylic acids is 1. The van der Waals surface area contributed by atoms with Gasteiger partial charge in [-0.2, -0.15) is 0 Å². The van der Waals surface area contributed by atoms with Crippen molar-refractivity contribution in [3.8, 4) is 11.5 Å². The first-order chi connectivity index (χ1) is 18.9. The molecule has 2 atom stereocenters. The van der Waals surface area contributed by atoms with Crippen molar-refractivity contribution in [3.05, 3.63) is 58.3 Å². The molecule has 0 saturated heterocycles. The van der Waals surface area contributed by atoms with E-state index in [1.807, 2.05) is 41.0 Å². The third-order valence-corrected chi connectivity index (χ3v) is 7.23. The van der Waals surface area contributed by atoms with E-state index in [-0.39, 0.29) is 23.0 Å². The van der Waals surface area contributed by atoms with Gasteiger partial charge in [-0.1, -0.05) is 24.3 Å². The molecule has 0 radical (unpaired) electrons. The first-order valence-electron chi connectivity index (χ1n) is 12.8. The Kier molecular flexibility index (Phi) is 6.65. The van der Waals surface area contributed by atoms with Crippen LogP contribution in [-0.4, -0.2) is 46.4 Å². The highest BCUT2D eigenvalue weighted by Gasteiger charge is 2.50. The summed E-state index contributed by atoms with van der Waals surface area (Å²) in [6.07, 6.45) is -3.11. The first kappa shape index (κ1) is 27.0. The molecule has 3 aromatic carbocycles. The Balaban J connectivity index is 1.83. The lowest BCUT2D eigenvalue weighted by molar-refractivity contribution is -0.189. The second-order valence-corrected chi connectivity index (χ2v) is 10.4. The van der Waals surface area contributed by atoms with E-state index in [1.54, 1.807) is 27.0 Å². The average Bonchev–Trinajstić information content (AvgIpc) is 2.90. The zero-order valence-electron chi connectivity index (χ0n) is 22.8. The van der Waals surface area contributed by atoms with Crippen LogP contribution in [0, 0.1) is 0 Å². The fraction of sp³-hybridized carbons (Fsp3) is 0.333. The second kappa shape index (κ2) is 9.86. The summed E-state index contributed by atoms with van der Waals surface area (Å²) in [5.41, 5.74) is -0.106. The third kappa shape index (κ3) is 4.49. The minimum Gasteiger partial charge on any atom is -0.496 e. The molecule has 2 heterocycles. The van der Waals surface area contributed by atoms with Crippen molar-refractivity contribution in [3.63, 3.8) is 0 Å². The van der Waals surface area contributed by atoms with Crippen LogP contribution in [0.4, 0.5) is 0 Å². The van der Waals surface area contributed by atoms with Crippen LogP contribution >= 0.6 is 0 Å². The van der Waals surface area contributed by atoms with Gasteiger partial charge >= 0.3 is 17.9 Å². The number of aryl methyl sites for hydroxylation is 1. The van der Waals surface area contributed by atoms with Crippen LogP contribution in [0.5, 0.6) is 11.5 Å². The summed E-state index contributed by atoms with van der Waals surface area (Å²) in [6, 6.07) is 13.0. The Hall–Kier alpha value is -4.60. The van der Waals surface area contributed by atoms with Gasteiger partial charge in [0.05, 0.1) is 41.9 Å². The zero-order chi connectivity index (χ0) is 28.9. The maximum atomic E-state index is 14.0. The van der Waals surface area contributed by atoms with Crippen LogP contribution < -0.4 is 14.9 Å². The molecule has 0 amide bonds. The maximum Gasteiger partial charge on any atom is 0.306 e. The van der Waals surface area contributed by atoms with Gasteiger partial charge in [0.2, 0.25) is 5.43 Å². The number of esters is 2. The normalized spacial score (nSPS) is 17.7. The van der Waals surface area contributed by atoms with E-state index < -0.39 is 42.1 Å². The molecular weight excluding hydrogens is 518 g/mol. The van der Waals surface area contributed by atoms with E-state index in [1.165, 1.54) is 14.0 Å². The van der Waals surface area contributed by atoms with Gasteiger partial charge in [0.25, 0.3) is 0 Å². The molecule has 4 aromatic rings. The molecule has 40 heavy (non-hydrogen) atoms. The van der Waals surface area contributed by atoms with E-state index in [0.29, 0.717) is 27.7 Å². The number of pyridine rings is 1. The minimum absolute atomic E-state index is 0.253. The van der Waals surface area contributed by atoms with E-state index in [2.05, 4.69) is 0 Å². The number of aliphatic carboxylic acids is 1. The number of carbonyl (C=O) groups is 3. The molecule has 1 aliphatic rings. The summed E-state index contributed by atoms with van der Waals surface area (Å²) >= 11 is 0. The van der Waals surface area contributed by atoms with Gasteiger partial charge in [0.1, 0.15) is 17.1 Å². The topological polar surface area (TPSA) is 130 Å². The van der Waals surface area contributed by atoms with Gasteiger partial charge < -0.3 is 28.6 Å². The summed E-state index contributed by atoms with van der Waals surface area (Å²) in [4.78, 5) is 50.1. The average molecular weight is 548 g/mol.